The number of alkyl halides is 1. The minimum absolute atomic E-state index is 0.0324. The van der Waals surface area contributed by atoms with Crippen LogP contribution in [0.2, 0.25) is 0 Å². The largest absolute Gasteiger partial charge is 0.392 e. The molecule has 0 unspecified atom stereocenters. The fourth-order valence-electron chi connectivity index (χ4n) is 3.01. The molecular weight excluding hydrogens is 119 g/mol. The van der Waals surface area contributed by atoms with Crippen LogP contribution in [0, 0.1) is 23.7 Å². The van der Waals surface area contributed by atoms with Gasteiger partial charge in [-0.1, -0.05) is 0 Å². The van der Waals surface area contributed by atoms with E-state index in [1.165, 1.54) is 0 Å². The molecule has 4 aliphatic carbocycles. The van der Waals surface area contributed by atoms with Crippen LogP contribution in [0.25, 0.3) is 0 Å². The molecular formula is C7H9FO. The number of hydrogen-bond acceptors (Lipinski definition) is 1. The van der Waals surface area contributed by atoms with Crippen LogP contribution in [0.15, 0.2) is 0 Å². The van der Waals surface area contributed by atoms with E-state index in [0.29, 0.717) is 11.8 Å². The van der Waals surface area contributed by atoms with Gasteiger partial charge in [0.05, 0.1) is 6.10 Å². The van der Waals surface area contributed by atoms with Gasteiger partial charge < -0.3 is 5.11 Å². The average Bonchev–Trinajstić information content (AvgIpc) is 2.18. The summed E-state index contributed by atoms with van der Waals surface area (Å²) in [6.45, 7) is 0. The van der Waals surface area contributed by atoms with Crippen molar-refractivity contribution in [1.29, 1.82) is 0 Å². The zero-order chi connectivity index (χ0) is 6.17. The summed E-state index contributed by atoms with van der Waals surface area (Å²) in [6, 6.07) is 0. The second-order valence-electron chi connectivity index (χ2n) is 3.65. The fraction of sp³-hybridized carbons (Fsp3) is 1.00. The quantitative estimate of drug-likeness (QED) is 0.506. The monoisotopic (exact) mass is 128 g/mol. The maximum atomic E-state index is 12.9. The van der Waals surface area contributed by atoms with Crippen molar-refractivity contribution in [2.75, 3.05) is 0 Å². The van der Waals surface area contributed by atoms with Crippen LogP contribution in [0.1, 0.15) is 6.42 Å². The summed E-state index contributed by atoms with van der Waals surface area (Å²) >= 11 is 0. The van der Waals surface area contributed by atoms with Crippen molar-refractivity contribution < 1.29 is 9.50 Å². The van der Waals surface area contributed by atoms with Gasteiger partial charge in [0.25, 0.3) is 0 Å². The van der Waals surface area contributed by atoms with E-state index >= 15 is 0 Å². The molecule has 4 fully saturated rings. The van der Waals surface area contributed by atoms with Crippen LogP contribution in [0.5, 0.6) is 0 Å². The van der Waals surface area contributed by atoms with E-state index in [4.69, 9.17) is 0 Å². The predicted octanol–water partition coefficient (Wildman–Crippen LogP) is 0.581. The van der Waals surface area contributed by atoms with Crippen LogP contribution < -0.4 is 0 Å². The summed E-state index contributed by atoms with van der Waals surface area (Å²) in [4.78, 5) is 0. The molecule has 0 aromatic rings. The molecule has 1 N–H and O–H groups in total. The van der Waals surface area contributed by atoms with Crippen molar-refractivity contribution in [3.63, 3.8) is 0 Å². The molecule has 4 bridgehead atoms. The summed E-state index contributed by atoms with van der Waals surface area (Å²) in [7, 11) is 0. The molecule has 9 heavy (non-hydrogen) atoms. The van der Waals surface area contributed by atoms with Gasteiger partial charge in [0, 0.05) is 5.92 Å². The van der Waals surface area contributed by atoms with E-state index in [9.17, 15) is 9.50 Å². The maximum absolute atomic E-state index is 12.9. The topological polar surface area (TPSA) is 20.2 Å². The molecule has 2 heteroatoms. The summed E-state index contributed by atoms with van der Waals surface area (Å²) in [5, 5.41) is 9.28. The Kier molecular flexibility index (Phi) is 0.544. The van der Waals surface area contributed by atoms with Crippen LogP contribution in [-0.4, -0.2) is 17.4 Å². The third kappa shape index (κ3) is 0.306. The molecule has 0 aromatic heterocycles. The van der Waals surface area contributed by atoms with Gasteiger partial charge in [0.1, 0.15) is 6.17 Å². The van der Waals surface area contributed by atoms with Crippen LogP contribution in [-0.2, 0) is 0 Å². The van der Waals surface area contributed by atoms with Crippen molar-refractivity contribution in [1.82, 2.24) is 0 Å². The second-order valence-corrected chi connectivity index (χ2v) is 3.65. The minimum atomic E-state index is -0.644. The van der Waals surface area contributed by atoms with Crippen LogP contribution in [0.3, 0.4) is 0 Å². The highest BCUT2D eigenvalue weighted by atomic mass is 19.1. The smallest absolute Gasteiger partial charge is 0.109 e. The molecule has 4 aliphatic rings. The first-order valence-corrected chi connectivity index (χ1v) is 3.63. The maximum Gasteiger partial charge on any atom is 0.109 e. The third-order valence-electron chi connectivity index (χ3n) is 3.45. The number of aliphatic hydroxyl groups is 1. The SMILES string of the molecule is O[C@H]1[C@H]2C[C@@H]3[C@@H]([C@H]2F)[C@@H]13. The molecule has 0 spiro atoms. The van der Waals surface area contributed by atoms with Gasteiger partial charge in [-0.15, -0.1) is 0 Å². The van der Waals surface area contributed by atoms with Crippen molar-refractivity contribution in [3.05, 3.63) is 0 Å². The highest BCUT2D eigenvalue weighted by Gasteiger charge is 2.74. The molecule has 0 radical (unpaired) electrons. The Bertz CT molecular complexity index is 150. The standard InChI is InChI=1S/C7H9FO/c8-6-3-1-2-4(6)5(2)7(3)9/h2-7,9H,1H2/t2-,3+,4-,5+,6+,7+/m1/s1. The van der Waals surface area contributed by atoms with Crippen molar-refractivity contribution >= 4 is 0 Å². The summed E-state index contributed by atoms with van der Waals surface area (Å²) < 4.78 is 12.9. The van der Waals surface area contributed by atoms with Gasteiger partial charge in [-0.3, -0.25) is 0 Å². The Labute approximate surface area is 52.9 Å². The van der Waals surface area contributed by atoms with Crippen LogP contribution >= 0.6 is 0 Å². The highest BCUT2D eigenvalue weighted by molar-refractivity contribution is 5.21. The van der Waals surface area contributed by atoms with E-state index in [-0.39, 0.29) is 17.9 Å². The molecule has 0 saturated heterocycles. The summed E-state index contributed by atoms with van der Waals surface area (Å²) in [5.41, 5.74) is 0. The zero-order valence-corrected chi connectivity index (χ0v) is 5.00. The van der Waals surface area contributed by atoms with Crippen LogP contribution in [0.4, 0.5) is 4.39 Å². The normalized spacial score (nSPS) is 75.3. The predicted molar refractivity (Wildman–Crippen MR) is 29.5 cm³/mol. The molecule has 6 atom stereocenters. The Morgan fingerprint density at radius 1 is 1.22 bits per heavy atom. The van der Waals surface area contributed by atoms with Gasteiger partial charge >= 0.3 is 0 Å². The number of rotatable bonds is 0. The molecule has 0 heterocycles. The van der Waals surface area contributed by atoms with Gasteiger partial charge in [0.15, 0.2) is 0 Å². The van der Waals surface area contributed by atoms with Crippen molar-refractivity contribution in [3.8, 4) is 0 Å². The second kappa shape index (κ2) is 1.05. The Morgan fingerprint density at radius 3 is 2.11 bits per heavy atom. The van der Waals surface area contributed by atoms with E-state index < -0.39 is 6.17 Å². The lowest BCUT2D eigenvalue weighted by molar-refractivity contribution is 0.110. The van der Waals surface area contributed by atoms with E-state index in [1.54, 1.807) is 0 Å². The molecule has 0 aromatic carbocycles. The van der Waals surface area contributed by atoms with Gasteiger partial charge in [-0.05, 0) is 24.2 Å². The first kappa shape index (κ1) is 4.67. The molecule has 1 nitrogen and oxygen atoms in total. The van der Waals surface area contributed by atoms with E-state index in [2.05, 4.69) is 0 Å². The summed E-state index contributed by atoms with van der Waals surface area (Å²) in [6.07, 6.45) is 0.0579. The molecule has 50 valence electrons. The lowest BCUT2D eigenvalue weighted by atomic mass is 10.1. The Hall–Kier alpha value is -0.110. The molecule has 0 aliphatic heterocycles. The number of halogens is 1. The van der Waals surface area contributed by atoms with Gasteiger partial charge in [-0.2, -0.15) is 0 Å². The molecule has 0 amide bonds. The van der Waals surface area contributed by atoms with E-state index in [0.717, 1.165) is 6.42 Å². The number of hydrogen-bond donors (Lipinski definition) is 1. The van der Waals surface area contributed by atoms with Gasteiger partial charge in [-0.25, -0.2) is 4.39 Å². The fourth-order valence-corrected chi connectivity index (χ4v) is 3.01. The minimum Gasteiger partial charge on any atom is -0.392 e. The van der Waals surface area contributed by atoms with Gasteiger partial charge in [0.2, 0.25) is 0 Å². The number of aliphatic hydroxyl groups excluding tert-OH is 1. The Balaban J connectivity index is 2.07. The zero-order valence-electron chi connectivity index (χ0n) is 5.00. The van der Waals surface area contributed by atoms with Crippen molar-refractivity contribution in [2.45, 2.75) is 18.7 Å². The molecule has 4 saturated carbocycles. The highest BCUT2D eigenvalue weighted by Crippen LogP contribution is 2.71. The first-order valence-electron chi connectivity index (χ1n) is 3.63. The molecule has 4 rings (SSSR count). The average molecular weight is 128 g/mol. The summed E-state index contributed by atoms with van der Waals surface area (Å²) in [5.74, 6) is 1.28. The third-order valence-corrected chi connectivity index (χ3v) is 3.45. The first-order chi connectivity index (χ1) is 4.30. The van der Waals surface area contributed by atoms with Crippen molar-refractivity contribution in [2.24, 2.45) is 23.7 Å². The lowest BCUT2D eigenvalue weighted by Gasteiger charge is -2.07. The Morgan fingerprint density at radius 2 is 2.00 bits per heavy atom. The lowest BCUT2D eigenvalue weighted by Crippen LogP contribution is -2.16. The van der Waals surface area contributed by atoms with E-state index in [1.807, 2.05) is 0 Å².